The van der Waals surface area contributed by atoms with Crippen molar-refractivity contribution >= 4 is 34.2 Å². The summed E-state index contributed by atoms with van der Waals surface area (Å²) in [6, 6.07) is 31.1. The van der Waals surface area contributed by atoms with Crippen LogP contribution in [-0.2, 0) is 32.1 Å². The topological polar surface area (TPSA) is 108 Å². The van der Waals surface area contributed by atoms with Crippen LogP contribution in [0.25, 0.3) is 10.8 Å². The van der Waals surface area contributed by atoms with Gasteiger partial charge in [0, 0.05) is 12.2 Å². The number of ether oxygens (including phenoxy) is 1. The molecule has 1 spiro atoms. The van der Waals surface area contributed by atoms with E-state index in [9.17, 15) is 19.5 Å². The molecule has 4 aromatic carbocycles. The van der Waals surface area contributed by atoms with E-state index in [1.807, 2.05) is 117 Å². The Morgan fingerprint density at radius 2 is 1.57 bits per heavy atom. The highest BCUT2D eigenvalue weighted by atomic mass is 16.5. The summed E-state index contributed by atoms with van der Waals surface area (Å²) in [4.78, 5) is 44.8. The maximum atomic E-state index is 14.7. The van der Waals surface area contributed by atoms with Crippen LogP contribution < -0.4 is 10.6 Å². The van der Waals surface area contributed by atoms with Crippen molar-refractivity contribution in [2.45, 2.75) is 56.5 Å². The minimum Gasteiger partial charge on any atom is -0.394 e. The van der Waals surface area contributed by atoms with E-state index >= 15 is 0 Å². The zero-order chi connectivity index (χ0) is 32.1. The molecular formula is C38H39N3O5. The van der Waals surface area contributed by atoms with Crippen molar-refractivity contribution in [3.63, 3.8) is 0 Å². The lowest BCUT2D eigenvalue weighted by atomic mass is 9.62. The van der Waals surface area contributed by atoms with E-state index in [0.29, 0.717) is 25.1 Å². The SMILES string of the molecule is CC1CC23O[C@@]1(C)[C@H](C(=O)NCc1ccccc1)[C@H]2C(=O)N([C@@H](CO)Cc1ccccc1)C3C(=O)Nc1ccc2ccccc2c1. The van der Waals surface area contributed by atoms with Crippen molar-refractivity contribution in [3.8, 4) is 0 Å². The van der Waals surface area contributed by atoms with Crippen LogP contribution in [-0.4, -0.2) is 57.6 Å². The van der Waals surface area contributed by atoms with Crippen LogP contribution in [0.5, 0.6) is 0 Å². The maximum Gasteiger partial charge on any atom is 0.250 e. The molecule has 3 fully saturated rings. The highest BCUT2D eigenvalue weighted by Crippen LogP contribution is 2.65. The number of nitrogens with one attached hydrogen (secondary N) is 2. The molecule has 236 valence electrons. The number of aliphatic hydroxyl groups excluding tert-OH is 1. The van der Waals surface area contributed by atoms with Gasteiger partial charge in [-0.2, -0.15) is 0 Å². The Hall–Kier alpha value is -4.53. The molecule has 46 heavy (non-hydrogen) atoms. The van der Waals surface area contributed by atoms with Gasteiger partial charge in [0.25, 0.3) is 0 Å². The van der Waals surface area contributed by atoms with Gasteiger partial charge in [-0.15, -0.1) is 0 Å². The summed E-state index contributed by atoms with van der Waals surface area (Å²) in [6.45, 7) is 3.90. The number of carbonyl (C=O) groups excluding carboxylic acids is 3. The zero-order valence-electron chi connectivity index (χ0n) is 26.1. The fraction of sp³-hybridized carbons (Fsp3) is 0.342. The molecule has 3 aliphatic heterocycles. The monoisotopic (exact) mass is 617 g/mol. The highest BCUT2D eigenvalue weighted by Gasteiger charge is 2.80. The number of hydrogen-bond acceptors (Lipinski definition) is 5. The fourth-order valence-electron chi connectivity index (χ4n) is 8.28. The number of likely N-dealkylation sites (tertiary alicyclic amines) is 1. The molecule has 0 saturated carbocycles. The number of aliphatic hydroxyl groups is 1. The molecule has 3 saturated heterocycles. The Labute approximate surface area is 268 Å². The third-order valence-electron chi connectivity index (χ3n) is 10.5. The first-order chi connectivity index (χ1) is 22.2. The van der Waals surface area contributed by atoms with Crippen molar-refractivity contribution in [3.05, 3.63) is 114 Å². The first-order valence-corrected chi connectivity index (χ1v) is 16.0. The minimum atomic E-state index is -1.23. The molecule has 7 rings (SSSR count). The van der Waals surface area contributed by atoms with E-state index in [-0.39, 0.29) is 30.2 Å². The second-order valence-corrected chi connectivity index (χ2v) is 13.2. The van der Waals surface area contributed by atoms with Gasteiger partial charge >= 0.3 is 0 Å². The van der Waals surface area contributed by atoms with Gasteiger partial charge in [-0.25, -0.2) is 0 Å². The smallest absolute Gasteiger partial charge is 0.250 e. The number of hydrogen-bond donors (Lipinski definition) is 3. The molecule has 0 radical (unpaired) electrons. The Kier molecular flexibility index (Phi) is 7.65. The number of benzene rings is 4. The van der Waals surface area contributed by atoms with Crippen LogP contribution in [0, 0.1) is 17.8 Å². The van der Waals surface area contributed by atoms with Crippen LogP contribution in [0.2, 0.25) is 0 Å². The lowest BCUT2D eigenvalue weighted by Gasteiger charge is -2.37. The van der Waals surface area contributed by atoms with Gasteiger partial charge in [0.1, 0.15) is 11.6 Å². The fourth-order valence-corrected chi connectivity index (χ4v) is 8.28. The number of amides is 3. The molecule has 7 atom stereocenters. The van der Waals surface area contributed by atoms with Gasteiger partial charge in [0.2, 0.25) is 17.7 Å². The van der Waals surface area contributed by atoms with Gasteiger partial charge in [-0.05, 0) is 59.7 Å². The predicted molar refractivity (Wildman–Crippen MR) is 176 cm³/mol. The summed E-state index contributed by atoms with van der Waals surface area (Å²) >= 11 is 0. The van der Waals surface area contributed by atoms with Gasteiger partial charge in [0.15, 0.2) is 0 Å². The van der Waals surface area contributed by atoms with Crippen molar-refractivity contribution in [1.29, 1.82) is 0 Å². The molecule has 2 bridgehead atoms. The number of carbonyl (C=O) groups is 3. The van der Waals surface area contributed by atoms with Crippen molar-refractivity contribution in [2.75, 3.05) is 11.9 Å². The highest BCUT2D eigenvalue weighted by molar-refractivity contribution is 6.04. The average Bonchev–Trinajstić information content (AvgIpc) is 3.59. The number of fused-ring (bicyclic) bond motifs is 2. The van der Waals surface area contributed by atoms with Gasteiger partial charge in [-0.1, -0.05) is 97.9 Å². The van der Waals surface area contributed by atoms with Crippen molar-refractivity contribution in [1.82, 2.24) is 10.2 Å². The molecular weight excluding hydrogens is 578 g/mol. The van der Waals surface area contributed by atoms with E-state index in [2.05, 4.69) is 10.6 Å². The molecule has 8 nitrogen and oxygen atoms in total. The molecule has 3 aliphatic rings. The normalized spacial score (nSPS) is 28.7. The summed E-state index contributed by atoms with van der Waals surface area (Å²) < 4.78 is 6.89. The second-order valence-electron chi connectivity index (χ2n) is 13.2. The third-order valence-corrected chi connectivity index (χ3v) is 10.5. The molecule has 3 heterocycles. The summed E-state index contributed by atoms with van der Waals surface area (Å²) in [6.07, 6.45) is 0.793. The largest absolute Gasteiger partial charge is 0.394 e. The van der Waals surface area contributed by atoms with Crippen molar-refractivity contribution in [2.24, 2.45) is 17.8 Å². The van der Waals surface area contributed by atoms with Crippen LogP contribution in [0.4, 0.5) is 5.69 Å². The van der Waals surface area contributed by atoms with E-state index in [0.717, 1.165) is 21.9 Å². The van der Waals surface area contributed by atoms with E-state index in [1.54, 1.807) is 0 Å². The van der Waals surface area contributed by atoms with Crippen LogP contribution in [0.3, 0.4) is 0 Å². The molecule has 0 aromatic heterocycles. The molecule has 4 aromatic rings. The van der Waals surface area contributed by atoms with Gasteiger partial charge < -0.3 is 25.4 Å². The minimum absolute atomic E-state index is 0.0957. The van der Waals surface area contributed by atoms with E-state index in [1.165, 1.54) is 4.90 Å². The summed E-state index contributed by atoms with van der Waals surface area (Å²) in [7, 11) is 0. The second kappa shape index (κ2) is 11.7. The number of nitrogens with zero attached hydrogens (tertiary/aromatic N) is 1. The summed E-state index contributed by atoms with van der Waals surface area (Å²) in [5, 5.41) is 18.9. The Bertz CT molecular complexity index is 1780. The molecule has 3 N–H and O–H groups in total. The number of anilines is 1. The summed E-state index contributed by atoms with van der Waals surface area (Å²) in [5.74, 6) is -2.76. The van der Waals surface area contributed by atoms with Gasteiger partial charge in [0.05, 0.1) is 30.1 Å². The summed E-state index contributed by atoms with van der Waals surface area (Å²) in [5.41, 5.74) is 0.306. The number of rotatable bonds is 9. The van der Waals surface area contributed by atoms with Crippen LogP contribution >= 0.6 is 0 Å². The first-order valence-electron chi connectivity index (χ1n) is 16.0. The quantitative estimate of drug-likeness (QED) is 0.252. The molecule has 3 amide bonds. The van der Waals surface area contributed by atoms with Gasteiger partial charge in [-0.3, -0.25) is 14.4 Å². The average molecular weight is 618 g/mol. The first kappa shape index (κ1) is 30.1. The van der Waals surface area contributed by atoms with Crippen LogP contribution in [0.15, 0.2) is 103 Å². The zero-order valence-corrected chi connectivity index (χ0v) is 26.1. The van der Waals surface area contributed by atoms with Crippen LogP contribution in [0.1, 0.15) is 31.4 Å². The molecule has 3 unspecified atom stereocenters. The Morgan fingerprint density at radius 1 is 0.913 bits per heavy atom. The molecule has 0 aliphatic carbocycles. The Balaban J connectivity index is 1.27. The maximum absolute atomic E-state index is 14.7. The van der Waals surface area contributed by atoms with E-state index in [4.69, 9.17) is 4.74 Å². The molecule has 8 heteroatoms. The van der Waals surface area contributed by atoms with Crippen molar-refractivity contribution < 1.29 is 24.2 Å². The Morgan fingerprint density at radius 3 is 2.26 bits per heavy atom. The lowest BCUT2D eigenvalue weighted by molar-refractivity contribution is -0.149. The van der Waals surface area contributed by atoms with E-state index < -0.39 is 35.1 Å². The predicted octanol–water partition coefficient (Wildman–Crippen LogP) is 4.71. The third kappa shape index (κ3) is 4.87. The lowest BCUT2D eigenvalue weighted by Crippen LogP contribution is -2.57. The standard InChI is InChI=1S/C38H39N3O5/c1-24-21-38-32(31(37(24,2)46-38)34(43)39-22-26-13-7-4-8-14-26)36(45)41(30(23-42)19-25-11-5-3-6-12-25)33(38)35(44)40-29-18-17-27-15-9-10-16-28(27)20-29/h3-18,20,24,30-33,42H,19,21-23H2,1-2H3,(H,39,43)(H,40,44)/t24?,30-,31+,32+,33?,37-,38?/m1/s1.